The highest BCUT2D eigenvalue weighted by Gasteiger charge is 2.28. The van der Waals surface area contributed by atoms with Crippen molar-refractivity contribution in [2.45, 2.75) is 19.1 Å². The van der Waals surface area contributed by atoms with E-state index in [0.29, 0.717) is 18.7 Å². The number of pyridine rings is 1. The number of nitrogen functional groups attached to an aromatic ring is 1. The van der Waals surface area contributed by atoms with Gasteiger partial charge in [0.15, 0.2) is 0 Å². The fourth-order valence-corrected chi connectivity index (χ4v) is 2.23. The molecule has 1 aliphatic rings. The molecule has 0 aliphatic carbocycles. The maximum atomic E-state index is 12.3. The lowest BCUT2D eigenvalue weighted by atomic mass is 10.2. The number of ether oxygens (including phenoxy) is 1. The lowest BCUT2D eigenvalue weighted by Gasteiger charge is -2.36. The van der Waals surface area contributed by atoms with Crippen molar-refractivity contribution < 1.29 is 14.6 Å². The second kappa shape index (κ2) is 5.73. The van der Waals surface area contributed by atoms with Gasteiger partial charge < -0.3 is 20.5 Å². The summed E-state index contributed by atoms with van der Waals surface area (Å²) in [5.74, 6) is 0.00444. The highest BCUT2D eigenvalue weighted by Crippen LogP contribution is 2.19. The van der Waals surface area contributed by atoms with Crippen molar-refractivity contribution in [3.05, 3.63) is 22.8 Å². The molecule has 2 heterocycles. The van der Waals surface area contributed by atoms with E-state index in [2.05, 4.69) is 4.98 Å². The molecule has 0 spiro atoms. The Hall–Kier alpha value is -1.37. The number of morpholine rings is 1. The molecule has 1 aliphatic heterocycles. The van der Waals surface area contributed by atoms with Crippen LogP contribution in [0.15, 0.2) is 12.3 Å². The first-order valence-corrected chi connectivity index (χ1v) is 6.35. The molecule has 0 radical (unpaired) electrons. The van der Waals surface area contributed by atoms with Crippen LogP contribution in [0.25, 0.3) is 0 Å². The first-order valence-electron chi connectivity index (χ1n) is 5.98. The summed E-state index contributed by atoms with van der Waals surface area (Å²) < 4.78 is 5.49. The SMILES string of the molecule is CC1CN(C(=O)c2cnc(N)c(Cl)c2)CC(CO)O1. The molecule has 1 amide bonds. The molecule has 0 aromatic carbocycles. The third-order valence-corrected chi connectivity index (χ3v) is 3.24. The smallest absolute Gasteiger partial charge is 0.255 e. The summed E-state index contributed by atoms with van der Waals surface area (Å²) in [4.78, 5) is 17.8. The van der Waals surface area contributed by atoms with Gasteiger partial charge in [-0.05, 0) is 13.0 Å². The van der Waals surface area contributed by atoms with Crippen LogP contribution in [0.2, 0.25) is 5.02 Å². The first-order chi connectivity index (χ1) is 9.01. The molecular formula is C12H16ClN3O3. The average Bonchev–Trinajstić information content (AvgIpc) is 2.40. The van der Waals surface area contributed by atoms with Crippen LogP contribution in [-0.2, 0) is 4.74 Å². The number of nitrogens with zero attached hydrogens (tertiary/aromatic N) is 2. The largest absolute Gasteiger partial charge is 0.394 e. The quantitative estimate of drug-likeness (QED) is 0.828. The van der Waals surface area contributed by atoms with Gasteiger partial charge in [0.05, 0.1) is 29.4 Å². The second-order valence-corrected chi connectivity index (χ2v) is 4.96. The van der Waals surface area contributed by atoms with Gasteiger partial charge >= 0.3 is 0 Å². The van der Waals surface area contributed by atoms with Crippen LogP contribution in [0.5, 0.6) is 0 Å². The molecule has 2 unspecified atom stereocenters. The number of amides is 1. The summed E-state index contributed by atoms with van der Waals surface area (Å²) in [6.07, 6.45) is 0.925. The normalized spacial score (nSPS) is 23.4. The molecule has 1 fully saturated rings. The molecule has 6 nitrogen and oxygen atoms in total. The molecule has 3 N–H and O–H groups in total. The van der Waals surface area contributed by atoms with E-state index in [1.807, 2.05) is 6.92 Å². The number of carbonyl (C=O) groups excluding carboxylic acids is 1. The summed E-state index contributed by atoms with van der Waals surface area (Å²) in [5.41, 5.74) is 5.89. The zero-order chi connectivity index (χ0) is 14.0. The summed E-state index contributed by atoms with van der Waals surface area (Å²) in [6, 6.07) is 1.50. The van der Waals surface area contributed by atoms with Gasteiger partial charge in [0, 0.05) is 19.3 Å². The summed E-state index contributed by atoms with van der Waals surface area (Å²) in [6.45, 7) is 2.56. The standard InChI is InChI=1S/C12H16ClN3O3/c1-7-4-16(5-9(6-17)19-7)12(18)8-2-10(13)11(14)15-3-8/h2-3,7,9,17H,4-6H2,1H3,(H2,14,15). The van der Waals surface area contributed by atoms with Crippen molar-refractivity contribution in [3.8, 4) is 0 Å². The van der Waals surface area contributed by atoms with Crippen molar-refractivity contribution in [1.82, 2.24) is 9.88 Å². The van der Waals surface area contributed by atoms with Crippen LogP contribution < -0.4 is 5.73 Å². The third-order valence-electron chi connectivity index (χ3n) is 2.93. The molecule has 2 atom stereocenters. The Morgan fingerprint density at radius 1 is 1.68 bits per heavy atom. The number of nitrogens with two attached hydrogens (primary N) is 1. The third kappa shape index (κ3) is 3.15. The van der Waals surface area contributed by atoms with Crippen molar-refractivity contribution in [2.24, 2.45) is 0 Å². The number of hydrogen-bond donors (Lipinski definition) is 2. The van der Waals surface area contributed by atoms with E-state index in [9.17, 15) is 4.79 Å². The summed E-state index contributed by atoms with van der Waals surface area (Å²) >= 11 is 5.86. The lowest BCUT2D eigenvalue weighted by molar-refractivity contribution is -0.0858. The highest BCUT2D eigenvalue weighted by molar-refractivity contribution is 6.33. The number of anilines is 1. The van der Waals surface area contributed by atoms with E-state index in [1.54, 1.807) is 4.90 Å². The van der Waals surface area contributed by atoms with Gasteiger partial charge in [-0.2, -0.15) is 0 Å². The van der Waals surface area contributed by atoms with Crippen LogP contribution in [0, 0.1) is 0 Å². The Labute approximate surface area is 116 Å². The van der Waals surface area contributed by atoms with Gasteiger partial charge in [0.2, 0.25) is 0 Å². The van der Waals surface area contributed by atoms with Crippen molar-refractivity contribution in [3.63, 3.8) is 0 Å². The minimum Gasteiger partial charge on any atom is -0.394 e. The number of hydrogen-bond acceptors (Lipinski definition) is 5. The zero-order valence-corrected chi connectivity index (χ0v) is 11.3. The van der Waals surface area contributed by atoms with Gasteiger partial charge in [-0.15, -0.1) is 0 Å². The van der Waals surface area contributed by atoms with E-state index in [4.69, 9.17) is 27.2 Å². The number of carbonyl (C=O) groups is 1. The van der Waals surface area contributed by atoms with Crippen LogP contribution in [0.1, 0.15) is 17.3 Å². The van der Waals surface area contributed by atoms with Crippen LogP contribution >= 0.6 is 11.6 Å². The van der Waals surface area contributed by atoms with Crippen molar-refractivity contribution in [1.29, 1.82) is 0 Å². The van der Waals surface area contributed by atoms with E-state index in [-0.39, 0.29) is 35.6 Å². The molecule has 1 aromatic heterocycles. The topological polar surface area (TPSA) is 88.7 Å². The molecule has 7 heteroatoms. The van der Waals surface area contributed by atoms with Crippen LogP contribution in [0.3, 0.4) is 0 Å². The maximum Gasteiger partial charge on any atom is 0.255 e. The van der Waals surface area contributed by atoms with Gasteiger partial charge in [0.25, 0.3) is 5.91 Å². The lowest BCUT2D eigenvalue weighted by Crippen LogP contribution is -2.50. The fourth-order valence-electron chi connectivity index (χ4n) is 2.06. The van der Waals surface area contributed by atoms with Gasteiger partial charge in [-0.25, -0.2) is 4.98 Å². The Morgan fingerprint density at radius 3 is 3.05 bits per heavy atom. The molecule has 19 heavy (non-hydrogen) atoms. The van der Waals surface area contributed by atoms with Crippen molar-refractivity contribution in [2.75, 3.05) is 25.4 Å². The number of aromatic nitrogens is 1. The zero-order valence-electron chi connectivity index (χ0n) is 10.5. The molecule has 104 valence electrons. The highest BCUT2D eigenvalue weighted by atomic mass is 35.5. The second-order valence-electron chi connectivity index (χ2n) is 4.55. The minimum absolute atomic E-state index is 0.116. The van der Waals surface area contributed by atoms with Gasteiger partial charge in [-0.3, -0.25) is 4.79 Å². The van der Waals surface area contributed by atoms with Crippen LogP contribution in [-0.4, -0.2) is 52.8 Å². The van der Waals surface area contributed by atoms with E-state index in [0.717, 1.165) is 0 Å². The molecule has 1 aromatic rings. The fraction of sp³-hybridized carbons (Fsp3) is 0.500. The predicted octanol–water partition coefficient (Wildman–Crippen LogP) is 0.539. The molecular weight excluding hydrogens is 270 g/mol. The van der Waals surface area contributed by atoms with Crippen LogP contribution in [0.4, 0.5) is 5.82 Å². The Bertz CT molecular complexity index is 483. The van der Waals surface area contributed by atoms with E-state index in [1.165, 1.54) is 12.3 Å². The van der Waals surface area contributed by atoms with E-state index < -0.39 is 0 Å². The number of halogens is 1. The number of rotatable bonds is 2. The maximum absolute atomic E-state index is 12.3. The monoisotopic (exact) mass is 285 g/mol. The molecule has 0 bridgehead atoms. The summed E-state index contributed by atoms with van der Waals surface area (Å²) in [7, 11) is 0. The Kier molecular flexibility index (Phi) is 4.24. The molecule has 1 saturated heterocycles. The summed E-state index contributed by atoms with van der Waals surface area (Å²) in [5, 5.41) is 9.40. The number of aliphatic hydroxyl groups excluding tert-OH is 1. The van der Waals surface area contributed by atoms with Crippen molar-refractivity contribution >= 4 is 23.3 Å². The Balaban J connectivity index is 2.16. The average molecular weight is 286 g/mol. The predicted molar refractivity (Wildman–Crippen MR) is 71.0 cm³/mol. The van der Waals surface area contributed by atoms with E-state index >= 15 is 0 Å². The van der Waals surface area contributed by atoms with Gasteiger partial charge in [-0.1, -0.05) is 11.6 Å². The first kappa shape index (κ1) is 14.0. The molecule has 2 rings (SSSR count). The Morgan fingerprint density at radius 2 is 2.42 bits per heavy atom. The molecule has 0 saturated carbocycles. The van der Waals surface area contributed by atoms with Gasteiger partial charge in [0.1, 0.15) is 5.82 Å². The number of aliphatic hydroxyl groups is 1. The minimum atomic E-state index is -0.357.